The van der Waals surface area contributed by atoms with Gasteiger partial charge in [-0.25, -0.2) is 0 Å². The molecule has 2 saturated heterocycles. The number of hydrogen-bond acceptors (Lipinski definition) is 6. The van der Waals surface area contributed by atoms with Gasteiger partial charge in [-0.1, -0.05) is 48.5 Å². The molecule has 0 aliphatic carbocycles. The summed E-state index contributed by atoms with van der Waals surface area (Å²) in [6, 6.07) is 15.7. The minimum absolute atomic E-state index is 0.216. The Kier molecular flexibility index (Phi) is 6.16. The van der Waals surface area contributed by atoms with Crippen molar-refractivity contribution in [3.63, 3.8) is 0 Å². The third kappa shape index (κ3) is 3.30. The van der Waals surface area contributed by atoms with Crippen LogP contribution in [0.25, 0.3) is 0 Å². The lowest BCUT2D eigenvalue weighted by molar-refractivity contribution is -0.190. The summed E-state index contributed by atoms with van der Waals surface area (Å²) in [6.45, 7) is 15.0. The number of benzene rings is 2. The Hall–Kier alpha value is -3.48. The van der Waals surface area contributed by atoms with Crippen LogP contribution < -0.4 is 0 Å². The van der Waals surface area contributed by atoms with Crippen molar-refractivity contribution >= 4 is 23.1 Å². The monoisotopic (exact) mass is 620 g/mol. The molecule has 0 N–H and O–H groups in total. The van der Waals surface area contributed by atoms with Crippen molar-refractivity contribution in [1.82, 2.24) is 0 Å². The number of fused-ring (bicyclic) bond motifs is 2. The van der Waals surface area contributed by atoms with E-state index >= 15 is 0 Å². The fraction of sp³-hybridized carbons (Fsp3) is 0.500. The van der Waals surface area contributed by atoms with Gasteiger partial charge < -0.3 is 9.47 Å². The molecule has 7 rings (SSSR count). The van der Waals surface area contributed by atoms with Crippen LogP contribution in [0.4, 0.5) is 0 Å². The Morgan fingerprint density at radius 1 is 0.391 bits per heavy atom. The molecule has 240 valence electrons. The van der Waals surface area contributed by atoms with E-state index in [1.165, 1.54) is 24.3 Å². The highest BCUT2D eigenvalue weighted by Crippen LogP contribution is 2.71. The zero-order valence-corrected chi connectivity index (χ0v) is 28.2. The zero-order valence-electron chi connectivity index (χ0n) is 28.2. The highest BCUT2D eigenvalue weighted by molar-refractivity contribution is 6.05. The summed E-state index contributed by atoms with van der Waals surface area (Å²) in [6.07, 6.45) is 7.82. The summed E-state index contributed by atoms with van der Waals surface area (Å²) in [5.41, 5.74) is -4.60. The molecule has 0 radical (unpaired) electrons. The van der Waals surface area contributed by atoms with Gasteiger partial charge in [0.2, 0.25) is 0 Å². The van der Waals surface area contributed by atoms with E-state index in [9.17, 15) is 19.2 Å². The molecule has 2 aromatic carbocycles. The van der Waals surface area contributed by atoms with Crippen LogP contribution in [0.15, 0.2) is 72.8 Å². The van der Waals surface area contributed by atoms with Crippen LogP contribution >= 0.6 is 0 Å². The van der Waals surface area contributed by atoms with Gasteiger partial charge in [0.05, 0.1) is 21.7 Å². The highest BCUT2D eigenvalue weighted by Gasteiger charge is 2.72. The molecule has 6 heteroatoms. The predicted octanol–water partition coefficient (Wildman–Crippen LogP) is 7.32. The molecule has 2 fully saturated rings. The van der Waals surface area contributed by atoms with Gasteiger partial charge in [0, 0.05) is 0 Å². The van der Waals surface area contributed by atoms with Gasteiger partial charge in [0.25, 0.3) is 0 Å². The minimum atomic E-state index is -1.06. The topological polar surface area (TPSA) is 86.7 Å². The third-order valence-electron chi connectivity index (χ3n) is 13.2. The molecule has 4 bridgehead atoms. The van der Waals surface area contributed by atoms with Gasteiger partial charge in [-0.2, -0.15) is 0 Å². The molecule has 0 saturated carbocycles. The Morgan fingerprint density at radius 2 is 0.587 bits per heavy atom. The zero-order chi connectivity index (χ0) is 33.3. The van der Waals surface area contributed by atoms with Crippen molar-refractivity contribution in [1.29, 1.82) is 0 Å². The third-order valence-corrected chi connectivity index (χ3v) is 13.2. The number of ether oxygens (including phenoxy) is 2. The highest BCUT2D eigenvalue weighted by atomic mass is 16.5. The smallest absolute Gasteiger partial charge is 0.164 e. The number of carbonyl (C=O) groups is 4. The largest absolute Gasteiger partial charge is 0.357 e. The molecule has 5 heterocycles. The van der Waals surface area contributed by atoms with E-state index in [-0.39, 0.29) is 23.1 Å². The number of ketones is 4. The normalized spacial score (nSPS) is 37.7. The van der Waals surface area contributed by atoms with Gasteiger partial charge in [-0.15, -0.1) is 0 Å². The van der Waals surface area contributed by atoms with Crippen molar-refractivity contribution in [3.05, 3.63) is 95.1 Å². The lowest BCUT2D eigenvalue weighted by atomic mass is 9.58. The quantitative estimate of drug-likeness (QED) is 0.307. The van der Waals surface area contributed by atoms with Gasteiger partial charge in [0.15, 0.2) is 23.1 Å². The van der Waals surface area contributed by atoms with Gasteiger partial charge in [-0.05, 0) is 128 Å². The SMILES string of the molecule is CC1(C)C(=O)/C=C\C(=O)C(C)(C)[C@]23CC[C@](O2)(c2ccccc23)C(C)(C)C(=O)/C=C\C(=O)C(C)(C)[C@]23CC[C@]1(O2)c1ccccc13. The first-order valence-electron chi connectivity index (χ1n) is 16.5. The molecule has 0 aromatic heterocycles. The number of allylic oxidation sites excluding steroid dienone is 4. The van der Waals surface area contributed by atoms with E-state index in [0.29, 0.717) is 25.7 Å². The Labute approximate surface area is 271 Å². The van der Waals surface area contributed by atoms with E-state index in [1.54, 1.807) is 0 Å². The van der Waals surface area contributed by atoms with Crippen LogP contribution in [-0.2, 0) is 51.1 Å². The molecular weight excluding hydrogens is 576 g/mol. The molecule has 0 amide bonds. The molecule has 46 heavy (non-hydrogen) atoms. The molecule has 6 nitrogen and oxygen atoms in total. The number of hydrogen-bond donors (Lipinski definition) is 0. The van der Waals surface area contributed by atoms with E-state index in [1.807, 2.05) is 104 Å². The summed E-state index contributed by atoms with van der Waals surface area (Å²) in [5.74, 6) is -0.863. The maximum Gasteiger partial charge on any atom is 0.164 e. The van der Waals surface area contributed by atoms with Crippen LogP contribution in [0.2, 0.25) is 0 Å². The molecule has 0 spiro atoms. The lowest BCUT2D eigenvalue weighted by Gasteiger charge is -2.42. The van der Waals surface area contributed by atoms with Crippen molar-refractivity contribution in [2.45, 2.75) is 103 Å². The van der Waals surface area contributed by atoms with Crippen molar-refractivity contribution in [3.8, 4) is 0 Å². The van der Waals surface area contributed by atoms with Crippen molar-refractivity contribution in [2.75, 3.05) is 0 Å². The summed E-state index contributed by atoms with van der Waals surface area (Å²) >= 11 is 0. The first-order valence-corrected chi connectivity index (χ1v) is 16.5. The second kappa shape index (κ2) is 9.11. The summed E-state index contributed by atoms with van der Waals surface area (Å²) in [7, 11) is 0. The van der Waals surface area contributed by atoms with Crippen molar-refractivity contribution < 1.29 is 28.7 Å². The van der Waals surface area contributed by atoms with E-state index in [0.717, 1.165) is 22.3 Å². The Balaban J connectivity index is 1.44. The molecule has 4 atom stereocenters. The van der Waals surface area contributed by atoms with Gasteiger partial charge >= 0.3 is 0 Å². The minimum Gasteiger partial charge on any atom is -0.357 e. The molecule has 0 unspecified atom stereocenters. The van der Waals surface area contributed by atoms with E-state index in [2.05, 4.69) is 0 Å². The first-order chi connectivity index (χ1) is 21.4. The van der Waals surface area contributed by atoms with Crippen molar-refractivity contribution in [2.24, 2.45) is 21.7 Å². The Morgan fingerprint density at radius 3 is 0.783 bits per heavy atom. The van der Waals surface area contributed by atoms with Gasteiger partial charge in [0.1, 0.15) is 22.4 Å². The van der Waals surface area contributed by atoms with Crippen LogP contribution in [0.5, 0.6) is 0 Å². The fourth-order valence-corrected chi connectivity index (χ4v) is 9.68. The van der Waals surface area contributed by atoms with Crippen LogP contribution in [0.1, 0.15) is 103 Å². The molecule has 2 aromatic rings. The van der Waals surface area contributed by atoms with Crippen LogP contribution in [0.3, 0.4) is 0 Å². The second-order valence-corrected chi connectivity index (χ2v) is 16.2. The predicted molar refractivity (Wildman–Crippen MR) is 174 cm³/mol. The van der Waals surface area contributed by atoms with Crippen LogP contribution in [0, 0.1) is 21.7 Å². The summed E-state index contributed by atoms with van der Waals surface area (Å²) in [5, 5.41) is 0. The maximum atomic E-state index is 14.3. The summed E-state index contributed by atoms with van der Waals surface area (Å²) < 4.78 is 14.2. The van der Waals surface area contributed by atoms with E-state index in [4.69, 9.17) is 9.47 Å². The Bertz CT molecular complexity index is 1550. The number of rotatable bonds is 0. The molecule has 5 aliphatic rings. The molecular formula is C40H44O6. The lowest BCUT2D eigenvalue weighted by Crippen LogP contribution is -2.48. The fourth-order valence-electron chi connectivity index (χ4n) is 9.68. The first kappa shape index (κ1) is 31.1. The maximum absolute atomic E-state index is 14.3. The van der Waals surface area contributed by atoms with Gasteiger partial charge in [-0.3, -0.25) is 19.2 Å². The number of carbonyl (C=O) groups excluding carboxylic acids is 4. The second-order valence-electron chi connectivity index (χ2n) is 16.2. The van der Waals surface area contributed by atoms with Crippen LogP contribution in [-0.4, -0.2) is 23.1 Å². The average molecular weight is 621 g/mol. The summed E-state index contributed by atoms with van der Waals surface area (Å²) in [4.78, 5) is 57.0. The molecule has 5 aliphatic heterocycles. The average Bonchev–Trinajstić information content (AvgIpc) is 3.79. The van der Waals surface area contributed by atoms with E-state index < -0.39 is 44.1 Å². The standard InChI is InChI=1S/C40H44O6/c1-33(2)29(41)17-18-30(42)35(5,6)39-23-24-40(46-39,28-16-12-11-15-27(28)39)36(7,8)32(44)20-19-31(43)34(3,4)38-22-21-37(33,45-38)25-13-9-10-14-26(25)38/h9-20H,21-24H2,1-8H3/b18-17-,20-19-/t37-,38+,39+,40-.